The molecule has 0 saturated heterocycles. The van der Waals surface area contributed by atoms with Gasteiger partial charge in [0.05, 0.1) is 0 Å². The number of benzene rings is 1. The monoisotopic (exact) mass is 266 g/mol. The molecule has 2 aromatic rings. The third kappa shape index (κ3) is 2.39. The molecular formula is C16H18N4. The van der Waals surface area contributed by atoms with Crippen LogP contribution in [0.3, 0.4) is 0 Å². The Kier molecular flexibility index (Phi) is 3.42. The molecule has 0 bridgehead atoms. The molecule has 3 rings (SSSR count). The quantitative estimate of drug-likeness (QED) is 0.929. The van der Waals surface area contributed by atoms with E-state index in [1.807, 2.05) is 0 Å². The molecule has 20 heavy (non-hydrogen) atoms. The van der Waals surface area contributed by atoms with Crippen LogP contribution in [0, 0.1) is 18.3 Å². The van der Waals surface area contributed by atoms with Crippen molar-refractivity contribution in [3.8, 4) is 6.07 Å². The molecule has 0 unspecified atom stereocenters. The normalized spacial score (nSPS) is 13.4. The lowest BCUT2D eigenvalue weighted by Gasteiger charge is -2.18. The van der Waals surface area contributed by atoms with Crippen molar-refractivity contribution in [2.75, 3.05) is 11.9 Å². The Morgan fingerprint density at radius 2 is 2.30 bits per heavy atom. The fraction of sp³-hybridized carbons (Fsp3) is 0.375. The topological polar surface area (TPSA) is 53.6 Å². The van der Waals surface area contributed by atoms with Gasteiger partial charge in [-0.25, -0.2) is 4.98 Å². The van der Waals surface area contributed by atoms with Gasteiger partial charge < -0.3 is 9.88 Å². The average Bonchev–Trinajstić information content (AvgIpc) is 2.83. The fourth-order valence-corrected chi connectivity index (χ4v) is 2.76. The third-order valence-electron chi connectivity index (χ3n) is 3.72. The summed E-state index contributed by atoms with van der Waals surface area (Å²) in [4.78, 5) is 4.49. The Morgan fingerprint density at radius 1 is 1.40 bits per heavy atom. The van der Waals surface area contributed by atoms with Crippen LogP contribution in [0.25, 0.3) is 0 Å². The van der Waals surface area contributed by atoms with Gasteiger partial charge in [0.25, 0.3) is 0 Å². The van der Waals surface area contributed by atoms with Crippen molar-refractivity contribution in [2.45, 2.75) is 32.7 Å². The highest BCUT2D eigenvalue weighted by Gasteiger charge is 2.19. The van der Waals surface area contributed by atoms with E-state index in [9.17, 15) is 0 Å². The molecule has 2 heterocycles. The van der Waals surface area contributed by atoms with Crippen LogP contribution in [0.15, 0.2) is 24.3 Å². The maximum Gasteiger partial charge on any atom is 0.183 e. The summed E-state index contributed by atoms with van der Waals surface area (Å²) in [6, 6.07) is 10.8. The molecule has 1 aliphatic rings. The second kappa shape index (κ2) is 5.38. The van der Waals surface area contributed by atoms with Crippen LogP contribution in [0.4, 0.5) is 5.82 Å². The van der Waals surface area contributed by atoms with Crippen LogP contribution >= 0.6 is 0 Å². The van der Waals surface area contributed by atoms with Crippen molar-refractivity contribution in [2.24, 2.45) is 0 Å². The Bertz CT molecular complexity index is 664. The Morgan fingerprint density at radius 3 is 3.10 bits per heavy atom. The maximum atomic E-state index is 9.16. The van der Waals surface area contributed by atoms with E-state index in [-0.39, 0.29) is 0 Å². The van der Waals surface area contributed by atoms with Crippen molar-refractivity contribution < 1.29 is 0 Å². The van der Waals surface area contributed by atoms with Gasteiger partial charge in [0, 0.05) is 19.5 Å². The van der Waals surface area contributed by atoms with Gasteiger partial charge in [-0.3, -0.25) is 0 Å². The molecule has 0 aliphatic carbocycles. The first-order chi connectivity index (χ1) is 9.78. The van der Waals surface area contributed by atoms with Crippen molar-refractivity contribution in [1.82, 2.24) is 9.55 Å². The van der Waals surface area contributed by atoms with Crippen molar-refractivity contribution >= 4 is 5.82 Å². The van der Waals surface area contributed by atoms with Crippen LogP contribution in [-0.2, 0) is 19.4 Å². The number of nitrogens with zero attached hydrogens (tertiary/aromatic N) is 3. The number of anilines is 1. The lowest BCUT2D eigenvalue weighted by Crippen LogP contribution is -2.19. The first-order valence-corrected chi connectivity index (χ1v) is 7.07. The van der Waals surface area contributed by atoms with Gasteiger partial charge in [0.1, 0.15) is 17.7 Å². The molecular weight excluding hydrogens is 248 g/mol. The molecule has 0 fully saturated rings. The zero-order valence-electron chi connectivity index (χ0n) is 11.7. The fourth-order valence-electron chi connectivity index (χ4n) is 2.76. The van der Waals surface area contributed by atoms with E-state index < -0.39 is 0 Å². The summed E-state index contributed by atoms with van der Waals surface area (Å²) in [7, 11) is 0. The Labute approximate surface area is 119 Å². The standard InChI is InChI=1S/C16H18N4/c1-12-4-2-5-13(10-12)6-7-15-19-14(11-17)16-18-8-3-9-20(15)16/h2,4-5,10,18H,3,6-9H2,1H3. The molecule has 0 radical (unpaired) electrons. The summed E-state index contributed by atoms with van der Waals surface area (Å²) >= 11 is 0. The number of hydrogen-bond donors (Lipinski definition) is 1. The largest absolute Gasteiger partial charge is 0.369 e. The van der Waals surface area contributed by atoms with E-state index in [0.717, 1.165) is 44.0 Å². The zero-order valence-corrected chi connectivity index (χ0v) is 11.7. The number of hydrogen-bond acceptors (Lipinski definition) is 3. The summed E-state index contributed by atoms with van der Waals surface area (Å²) < 4.78 is 2.16. The summed E-state index contributed by atoms with van der Waals surface area (Å²) in [5.41, 5.74) is 3.14. The van der Waals surface area contributed by atoms with Crippen LogP contribution in [0.1, 0.15) is 29.1 Å². The number of imidazole rings is 1. The second-order valence-electron chi connectivity index (χ2n) is 5.26. The lowest BCUT2D eigenvalue weighted by atomic mass is 10.1. The smallest absolute Gasteiger partial charge is 0.183 e. The first kappa shape index (κ1) is 12.7. The van der Waals surface area contributed by atoms with E-state index in [4.69, 9.17) is 5.26 Å². The highest BCUT2D eigenvalue weighted by Crippen LogP contribution is 2.22. The molecule has 1 N–H and O–H groups in total. The van der Waals surface area contributed by atoms with Crippen molar-refractivity contribution in [3.63, 3.8) is 0 Å². The van der Waals surface area contributed by atoms with E-state index >= 15 is 0 Å². The van der Waals surface area contributed by atoms with Crippen LogP contribution < -0.4 is 5.32 Å². The first-order valence-electron chi connectivity index (χ1n) is 7.07. The number of rotatable bonds is 3. The van der Waals surface area contributed by atoms with Crippen LogP contribution in [0.5, 0.6) is 0 Å². The average molecular weight is 266 g/mol. The van der Waals surface area contributed by atoms with Gasteiger partial charge in [0.2, 0.25) is 0 Å². The van der Waals surface area contributed by atoms with E-state index in [1.54, 1.807) is 0 Å². The van der Waals surface area contributed by atoms with E-state index in [0.29, 0.717) is 5.69 Å². The van der Waals surface area contributed by atoms with Gasteiger partial charge in [-0.1, -0.05) is 29.8 Å². The summed E-state index contributed by atoms with van der Waals surface area (Å²) in [6.45, 7) is 4.00. The third-order valence-corrected chi connectivity index (χ3v) is 3.72. The Hall–Kier alpha value is -2.28. The number of aromatic nitrogens is 2. The van der Waals surface area contributed by atoms with Crippen molar-refractivity contribution in [1.29, 1.82) is 5.26 Å². The minimum absolute atomic E-state index is 0.531. The van der Waals surface area contributed by atoms with E-state index in [2.05, 4.69) is 52.1 Å². The van der Waals surface area contributed by atoms with Gasteiger partial charge >= 0.3 is 0 Å². The highest BCUT2D eigenvalue weighted by molar-refractivity contribution is 5.51. The molecule has 4 nitrogen and oxygen atoms in total. The lowest BCUT2D eigenvalue weighted by molar-refractivity contribution is 0.597. The van der Waals surface area contributed by atoms with Gasteiger partial charge in [-0.05, 0) is 25.3 Å². The van der Waals surface area contributed by atoms with E-state index in [1.165, 1.54) is 11.1 Å². The molecule has 1 aromatic carbocycles. The van der Waals surface area contributed by atoms with Crippen LogP contribution in [-0.4, -0.2) is 16.1 Å². The summed E-state index contributed by atoms with van der Waals surface area (Å²) in [5.74, 6) is 1.92. The molecule has 0 atom stereocenters. The number of fused-ring (bicyclic) bond motifs is 1. The predicted molar refractivity (Wildman–Crippen MR) is 78.6 cm³/mol. The molecule has 102 valence electrons. The molecule has 0 amide bonds. The van der Waals surface area contributed by atoms with Gasteiger partial charge in [0.15, 0.2) is 5.69 Å². The molecule has 4 heteroatoms. The molecule has 1 aliphatic heterocycles. The van der Waals surface area contributed by atoms with Gasteiger partial charge in [-0.2, -0.15) is 5.26 Å². The molecule has 1 aromatic heterocycles. The molecule has 0 saturated carbocycles. The Balaban J connectivity index is 1.81. The number of nitriles is 1. The van der Waals surface area contributed by atoms with Crippen molar-refractivity contribution in [3.05, 3.63) is 46.9 Å². The molecule has 0 spiro atoms. The number of aryl methyl sites for hydroxylation is 3. The predicted octanol–water partition coefficient (Wildman–Crippen LogP) is 2.66. The minimum Gasteiger partial charge on any atom is -0.369 e. The zero-order chi connectivity index (χ0) is 13.9. The summed E-state index contributed by atoms with van der Waals surface area (Å²) in [5, 5.41) is 12.5. The maximum absolute atomic E-state index is 9.16. The highest BCUT2D eigenvalue weighted by atomic mass is 15.2. The second-order valence-corrected chi connectivity index (χ2v) is 5.26. The SMILES string of the molecule is Cc1cccc(CCc2nc(C#N)c3n2CCCN3)c1. The summed E-state index contributed by atoms with van der Waals surface area (Å²) in [6.07, 6.45) is 2.93. The number of nitrogens with one attached hydrogen (secondary N) is 1. The van der Waals surface area contributed by atoms with Gasteiger partial charge in [-0.15, -0.1) is 0 Å². The van der Waals surface area contributed by atoms with Crippen LogP contribution in [0.2, 0.25) is 0 Å². The minimum atomic E-state index is 0.531.